The molecular formula is C17H16O. The molecule has 0 saturated carbocycles. The van der Waals surface area contributed by atoms with Crippen molar-refractivity contribution in [2.45, 2.75) is 13.8 Å². The van der Waals surface area contributed by atoms with Gasteiger partial charge in [-0.1, -0.05) is 66.2 Å². The van der Waals surface area contributed by atoms with Crippen LogP contribution in [0.25, 0.3) is 12.2 Å². The van der Waals surface area contributed by atoms with Gasteiger partial charge in [0.2, 0.25) is 0 Å². The molecule has 2 aromatic rings. The third kappa shape index (κ3) is 3.17. The van der Waals surface area contributed by atoms with Crippen LogP contribution in [0, 0.1) is 6.92 Å². The SMILES string of the molecule is CC(=O)c1ccc(C=Cc2ccc(C)cc2)cc1. The van der Waals surface area contributed by atoms with Gasteiger partial charge < -0.3 is 0 Å². The standard InChI is InChI=1S/C17H16O/c1-13-3-5-15(6-4-13)7-8-16-9-11-17(12-10-16)14(2)18/h3-12H,1-2H3. The van der Waals surface area contributed by atoms with Gasteiger partial charge in [0.1, 0.15) is 0 Å². The van der Waals surface area contributed by atoms with Gasteiger partial charge >= 0.3 is 0 Å². The molecular weight excluding hydrogens is 220 g/mol. The van der Waals surface area contributed by atoms with E-state index in [1.165, 1.54) is 11.1 Å². The molecule has 0 spiro atoms. The Labute approximate surface area is 108 Å². The molecule has 0 bridgehead atoms. The summed E-state index contributed by atoms with van der Waals surface area (Å²) in [5.41, 5.74) is 4.29. The van der Waals surface area contributed by atoms with Gasteiger partial charge in [0.15, 0.2) is 5.78 Å². The molecule has 90 valence electrons. The van der Waals surface area contributed by atoms with Crippen LogP contribution < -0.4 is 0 Å². The number of carbonyl (C=O) groups is 1. The normalized spacial score (nSPS) is 10.8. The van der Waals surface area contributed by atoms with Gasteiger partial charge in [-0.15, -0.1) is 0 Å². The molecule has 0 heterocycles. The molecule has 2 aromatic carbocycles. The Morgan fingerprint density at radius 3 is 1.72 bits per heavy atom. The fourth-order valence-corrected chi connectivity index (χ4v) is 1.70. The van der Waals surface area contributed by atoms with E-state index in [0.29, 0.717) is 0 Å². The van der Waals surface area contributed by atoms with E-state index in [4.69, 9.17) is 0 Å². The van der Waals surface area contributed by atoms with Crippen LogP contribution in [0.15, 0.2) is 48.5 Å². The maximum Gasteiger partial charge on any atom is 0.159 e. The molecule has 2 rings (SSSR count). The largest absolute Gasteiger partial charge is 0.295 e. The van der Waals surface area contributed by atoms with E-state index in [1.807, 2.05) is 24.3 Å². The first kappa shape index (κ1) is 12.3. The lowest BCUT2D eigenvalue weighted by molar-refractivity contribution is 0.101. The summed E-state index contributed by atoms with van der Waals surface area (Å²) < 4.78 is 0. The predicted octanol–water partition coefficient (Wildman–Crippen LogP) is 4.37. The highest BCUT2D eigenvalue weighted by atomic mass is 16.1. The van der Waals surface area contributed by atoms with Crippen LogP contribution in [0.3, 0.4) is 0 Å². The number of rotatable bonds is 3. The molecule has 0 saturated heterocycles. The molecule has 0 unspecified atom stereocenters. The summed E-state index contributed by atoms with van der Waals surface area (Å²) >= 11 is 0. The van der Waals surface area contributed by atoms with Crippen LogP contribution >= 0.6 is 0 Å². The molecule has 1 heteroatoms. The number of benzene rings is 2. The number of carbonyl (C=O) groups excluding carboxylic acids is 1. The van der Waals surface area contributed by atoms with E-state index in [2.05, 4.69) is 43.3 Å². The van der Waals surface area contributed by atoms with Gasteiger partial charge in [-0.3, -0.25) is 4.79 Å². The summed E-state index contributed by atoms with van der Waals surface area (Å²) in [5, 5.41) is 0. The van der Waals surface area contributed by atoms with E-state index in [9.17, 15) is 4.79 Å². The molecule has 0 aliphatic carbocycles. The Balaban J connectivity index is 2.13. The number of hydrogen-bond donors (Lipinski definition) is 0. The zero-order chi connectivity index (χ0) is 13.0. The summed E-state index contributed by atoms with van der Waals surface area (Å²) in [6.45, 7) is 3.66. The lowest BCUT2D eigenvalue weighted by Gasteiger charge is -1.98. The number of hydrogen-bond acceptors (Lipinski definition) is 1. The van der Waals surface area contributed by atoms with E-state index >= 15 is 0 Å². The summed E-state index contributed by atoms with van der Waals surface area (Å²) in [4.78, 5) is 11.1. The first-order valence-electron chi connectivity index (χ1n) is 6.01. The Morgan fingerprint density at radius 1 is 0.833 bits per heavy atom. The summed E-state index contributed by atoms with van der Waals surface area (Å²) in [7, 11) is 0. The lowest BCUT2D eigenvalue weighted by atomic mass is 10.1. The average molecular weight is 236 g/mol. The molecule has 0 aromatic heterocycles. The third-order valence-corrected chi connectivity index (χ3v) is 2.86. The first-order valence-corrected chi connectivity index (χ1v) is 6.01. The van der Waals surface area contributed by atoms with Gasteiger partial charge in [-0.05, 0) is 25.0 Å². The van der Waals surface area contributed by atoms with Crippen LogP contribution in [0.2, 0.25) is 0 Å². The second-order valence-electron chi connectivity index (χ2n) is 4.42. The van der Waals surface area contributed by atoms with Crippen molar-refractivity contribution < 1.29 is 4.79 Å². The van der Waals surface area contributed by atoms with Crippen LogP contribution in [0.5, 0.6) is 0 Å². The smallest absolute Gasteiger partial charge is 0.159 e. The lowest BCUT2D eigenvalue weighted by Crippen LogP contribution is -1.90. The van der Waals surface area contributed by atoms with Crippen LogP contribution in [0.4, 0.5) is 0 Å². The maximum absolute atomic E-state index is 11.1. The first-order chi connectivity index (χ1) is 8.65. The van der Waals surface area contributed by atoms with Crippen molar-refractivity contribution in [3.8, 4) is 0 Å². The Kier molecular flexibility index (Phi) is 3.73. The molecule has 0 radical (unpaired) electrons. The second kappa shape index (κ2) is 5.46. The molecule has 1 nitrogen and oxygen atoms in total. The highest BCUT2D eigenvalue weighted by Crippen LogP contribution is 2.11. The predicted molar refractivity (Wildman–Crippen MR) is 76.6 cm³/mol. The van der Waals surface area contributed by atoms with Gasteiger partial charge in [0, 0.05) is 5.56 Å². The van der Waals surface area contributed by atoms with Crippen molar-refractivity contribution >= 4 is 17.9 Å². The van der Waals surface area contributed by atoms with Crippen LogP contribution in [-0.2, 0) is 0 Å². The summed E-state index contributed by atoms with van der Waals surface area (Å²) in [6.07, 6.45) is 4.12. The van der Waals surface area contributed by atoms with Crippen molar-refractivity contribution in [3.05, 3.63) is 70.8 Å². The average Bonchev–Trinajstić information content (AvgIpc) is 2.38. The third-order valence-electron chi connectivity index (χ3n) is 2.86. The fourth-order valence-electron chi connectivity index (χ4n) is 1.70. The van der Waals surface area contributed by atoms with E-state index in [-0.39, 0.29) is 5.78 Å². The molecule has 0 fully saturated rings. The maximum atomic E-state index is 11.1. The van der Waals surface area contributed by atoms with Crippen molar-refractivity contribution in [1.29, 1.82) is 0 Å². The number of ketones is 1. The monoisotopic (exact) mass is 236 g/mol. The summed E-state index contributed by atoms with van der Waals surface area (Å²) in [6, 6.07) is 16.0. The van der Waals surface area contributed by atoms with Gasteiger partial charge in [0.25, 0.3) is 0 Å². The minimum atomic E-state index is 0.101. The molecule has 0 amide bonds. The quantitative estimate of drug-likeness (QED) is 0.571. The van der Waals surface area contributed by atoms with Crippen LogP contribution in [-0.4, -0.2) is 5.78 Å². The van der Waals surface area contributed by atoms with Crippen molar-refractivity contribution in [3.63, 3.8) is 0 Å². The fraction of sp³-hybridized carbons (Fsp3) is 0.118. The van der Waals surface area contributed by atoms with Crippen LogP contribution in [0.1, 0.15) is 34.0 Å². The zero-order valence-corrected chi connectivity index (χ0v) is 10.7. The Morgan fingerprint density at radius 2 is 1.28 bits per heavy atom. The van der Waals surface area contributed by atoms with Gasteiger partial charge in [0.05, 0.1) is 0 Å². The zero-order valence-electron chi connectivity index (χ0n) is 10.7. The van der Waals surface area contributed by atoms with E-state index < -0.39 is 0 Å². The van der Waals surface area contributed by atoms with Gasteiger partial charge in [-0.2, -0.15) is 0 Å². The summed E-state index contributed by atoms with van der Waals surface area (Å²) in [5.74, 6) is 0.101. The highest BCUT2D eigenvalue weighted by Gasteiger charge is 1.96. The van der Waals surface area contributed by atoms with Crippen molar-refractivity contribution in [1.82, 2.24) is 0 Å². The van der Waals surface area contributed by atoms with Gasteiger partial charge in [-0.25, -0.2) is 0 Å². The van der Waals surface area contributed by atoms with Crippen molar-refractivity contribution in [2.24, 2.45) is 0 Å². The molecule has 0 aliphatic heterocycles. The van der Waals surface area contributed by atoms with Crippen molar-refractivity contribution in [2.75, 3.05) is 0 Å². The molecule has 0 aliphatic rings. The number of aryl methyl sites for hydroxylation is 1. The Bertz CT molecular complexity index is 560. The highest BCUT2D eigenvalue weighted by molar-refractivity contribution is 5.94. The number of Topliss-reactive ketones (excluding diaryl/α,β-unsaturated/α-hetero) is 1. The van der Waals surface area contributed by atoms with E-state index in [1.54, 1.807) is 6.92 Å². The topological polar surface area (TPSA) is 17.1 Å². The minimum absolute atomic E-state index is 0.101. The van der Waals surface area contributed by atoms with E-state index in [0.717, 1.165) is 11.1 Å². The molecule has 0 atom stereocenters. The minimum Gasteiger partial charge on any atom is -0.295 e. The second-order valence-corrected chi connectivity index (χ2v) is 4.42. The Hall–Kier alpha value is -2.15. The molecule has 0 N–H and O–H groups in total. The molecule has 18 heavy (non-hydrogen) atoms.